The summed E-state index contributed by atoms with van der Waals surface area (Å²) in [5.74, 6) is 4.86. The van der Waals surface area contributed by atoms with Gasteiger partial charge in [-0.15, -0.1) is 11.3 Å². The summed E-state index contributed by atoms with van der Waals surface area (Å²) in [5, 5.41) is 20.1. The highest BCUT2D eigenvalue weighted by Crippen LogP contribution is 2.36. The van der Waals surface area contributed by atoms with E-state index >= 15 is 0 Å². The minimum absolute atomic E-state index is 0.0130. The van der Waals surface area contributed by atoms with Gasteiger partial charge >= 0.3 is 5.97 Å². The summed E-state index contributed by atoms with van der Waals surface area (Å²) >= 11 is 1.03. The molecule has 2 N–H and O–H groups in total. The van der Waals surface area contributed by atoms with Gasteiger partial charge in [-0.2, -0.15) is 0 Å². The molecule has 1 unspecified atom stereocenters. The number of aromatic carboxylic acids is 1. The Morgan fingerprint density at radius 2 is 1.83 bits per heavy atom. The van der Waals surface area contributed by atoms with Crippen molar-refractivity contribution in [3.8, 4) is 11.8 Å². The molecule has 1 saturated heterocycles. The number of carboxylic acids is 1. The Balaban J connectivity index is 2.02. The Morgan fingerprint density at radius 1 is 1.17 bits per heavy atom. The summed E-state index contributed by atoms with van der Waals surface area (Å²) in [6, 6.07) is 0.758. The minimum Gasteiger partial charge on any atom is -0.477 e. The Kier molecular flexibility index (Phi) is 8.66. The SMILES string of the molecule is CC1CCC(C(=O)N(c2cc(C#CC(C)(C)C)sc2C(=O)O)[C@@H](C)C(=O)N2CCCC(O)C2)CC1. The van der Waals surface area contributed by atoms with Gasteiger partial charge in [-0.3, -0.25) is 14.5 Å². The molecule has 1 aromatic rings. The number of β-amino-alcohol motifs (C(OH)–C–C–N with tert-alkyl or cyclic N) is 1. The van der Waals surface area contributed by atoms with Crippen molar-refractivity contribution >= 4 is 34.8 Å². The van der Waals surface area contributed by atoms with E-state index in [4.69, 9.17) is 0 Å². The summed E-state index contributed by atoms with van der Waals surface area (Å²) in [6.07, 6.45) is 4.07. The van der Waals surface area contributed by atoms with Gasteiger partial charge in [0.05, 0.1) is 16.7 Å². The first-order valence-electron chi connectivity index (χ1n) is 12.6. The molecule has 0 spiro atoms. The average molecular weight is 503 g/mol. The van der Waals surface area contributed by atoms with E-state index in [9.17, 15) is 24.6 Å². The van der Waals surface area contributed by atoms with E-state index in [1.54, 1.807) is 17.9 Å². The van der Waals surface area contributed by atoms with Crippen LogP contribution in [0.4, 0.5) is 5.69 Å². The number of carbonyl (C=O) groups is 3. The van der Waals surface area contributed by atoms with Gasteiger partial charge in [-0.05, 0) is 78.2 Å². The maximum Gasteiger partial charge on any atom is 0.348 e. The number of aliphatic hydroxyl groups excluding tert-OH is 1. The molecule has 7 nitrogen and oxygen atoms in total. The first kappa shape index (κ1) is 27.2. The average Bonchev–Trinajstić information content (AvgIpc) is 3.21. The van der Waals surface area contributed by atoms with Crippen LogP contribution in [-0.2, 0) is 9.59 Å². The van der Waals surface area contributed by atoms with Crippen molar-refractivity contribution in [3.63, 3.8) is 0 Å². The second-order valence-corrected chi connectivity index (χ2v) is 12.1. The molecule has 8 heteroatoms. The van der Waals surface area contributed by atoms with Crippen LogP contribution in [-0.4, -0.2) is 58.1 Å². The van der Waals surface area contributed by atoms with Gasteiger partial charge in [0.25, 0.3) is 0 Å². The van der Waals surface area contributed by atoms with Crippen molar-refractivity contribution in [2.24, 2.45) is 17.3 Å². The van der Waals surface area contributed by atoms with E-state index in [2.05, 4.69) is 18.8 Å². The summed E-state index contributed by atoms with van der Waals surface area (Å²) in [5.41, 5.74) is -0.0251. The van der Waals surface area contributed by atoms with Gasteiger partial charge in [0, 0.05) is 24.4 Å². The van der Waals surface area contributed by atoms with Crippen molar-refractivity contribution in [2.75, 3.05) is 18.0 Å². The number of likely N-dealkylation sites (tertiary alicyclic amines) is 1. The number of thiophene rings is 1. The topological polar surface area (TPSA) is 98.2 Å². The number of aliphatic hydroxyl groups is 1. The summed E-state index contributed by atoms with van der Waals surface area (Å²) < 4.78 is 0. The highest BCUT2D eigenvalue weighted by Gasteiger charge is 2.38. The van der Waals surface area contributed by atoms with E-state index in [-0.39, 0.29) is 40.3 Å². The third kappa shape index (κ3) is 6.86. The standard InChI is InChI=1S/C27H38N2O5S/c1-17-8-10-19(11-9-17)25(32)29(18(2)24(31)28-14-6-7-20(30)16-28)22-15-21(12-13-27(3,4)5)35-23(22)26(33)34/h15,17-20,30H,6-11,14,16H2,1-5H3,(H,33,34)/t17?,18-,19?,20?/m0/s1. The predicted molar refractivity (Wildman–Crippen MR) is 138 cm³/mol. The highest BCUT2D eigenvalue weighted by molar-refractivity contribution is 7.15. The van der Waals surface area contributed by atoms with Gasteiger partial charge in [0.1, 0.15) is 10.9 Å². The summed E-state index contributed by atoms with van der Waals surface area (Å²) in [4.78, 5) is 43.2. The molecular weight excluding hydrogens is 464 g/mol. The van der Waals surface area contributed by atoms with Gasteiger partial charge in [-0.1, -0.05) is 18.8 Å². The normalized spacial score (nSPS) is 23.7. The zero-order valence-electron chi connectivity index (χ0n) is 21.5. The molecule has 0 aromatic carbocycles. The minimum atomic E-state index is -1.14. The quantitative estimate of drug-likeness (QED) is 0.583. The number of rotatable bonds is 5. The van der Waals surface area contributed by atoms with Crippen LogP contribution in [0.2, 0.25) is 0 Å². The lowest BCUT2D eigenvalue weighted by atomic mass is 9.82. The van der Waals surface area contributed by atoms with Crippen LogP contribution >= 0.6 is 11.3 Å². The summed E-state index contributed by atoms with van der Waals surface area (Å²) in [7, 11) is 0. The van der Waals surface area contributed by atoms with E-state index in [0.29, 0.717) is 30.2 Å². The third-order valence-electron chi connectivity index (χ3n) is 6.78. The molecule has 1 saturated carbocycles. The zero-order chi connectivity index (χ0) is 25.9. The lowest BCUT2D eigenvalue weighted by Crippen LogP contribution is -2.54. The second kappa shape index (κ2) is 11.1. The van der Waals surface area contributed by atoms with E-state index in [0.717, 1.165) is 37.0 Å². The number of hydrogen-bond donors (Lipinski definition) is 2. The molecule has 1 aromatic heterocycles. The Bertz CT molecular complexity index is 1010. The fourth-order valence-corrected chi connectivity index (χ4v) is 5.62. The molecule has 2 amide bonds. The van der Waals surface area contributed by atoms with Gasteiger partial charge in [-0.25, -0.2) is 4.79 Å². The van der Waals surface area contributed by atoms with Crippen LogP contribution in [0.1, 0.15) is 87.7 Å². The van der Waals surface area contributed by atoms with Crippen molar-refractivity contribution in [3.05, 3.63) is 15.8 Å². The zero-order valence-corrected chi connectivity index (χ0v) is 22.3. The monoisotopic (exact) mass is 502 g/mol. The van der Waals surface area contributed by atoms with Crippen LogP contribution < -0.4 is 4.90 Å². The molecule has 3 rings (SSSR count). The maximum atomic E-state index is 13.9. The van der Waals surface area contributed by atoms with E-state index in [1.165, 1.54) is 4.90 Å². The number of piperidine rings is 1. The van der Waals surface area contributed by atoms with Gasteiger partial charge < -0.3 is 15.1 Å². The van der Waals surface area contributed by atoms with Gasteiger partial charge in [0.2, 0.25) is 11.8 Å². The molecule has 1 aliphatic carbocycles. The van der Waals surface area contributed by atoms with E-state index in [1.807, 2.05) is 20.8 Å². The number of carbonyl (C=O) groups excluding carboxylic acids is 2. The largest absolute Gasteiger partial charge is 0.477 e. The molecule has 35 heavy (non-hydrogen) atoms. The molecule has 0 bridgehead atoms. The Morgan fingerprint density at radius 3 is 2.40 bits per heavy atom. The van der Waals surface area contributed by atoms with Crippen LogP contribution in [0.3, 0.4) is 0 Å². The number of amides is 2. The lowest BCUT2D eigenvalue weighted by Gasteiger charge is -2.38. The number of hydrogen-bond acceptors (Lipinski definition) is 5. The van der Waals surface area contributed by atoms with Crippen LogP contribution in [0.25, 0.3) is 0 Å². The third-order valence-corrected chi connectivity index (χ3v) is 7.81. The smallest absolute Gasteiger partial charge is 0.348 e. The molecule has 2 heterocycles. The fourth-order valence-electron chi connectivity index (χ4n) is 4.78. The first-order chi connectivity index (χ1) is 16.4. The fraction of sp³-hybridized carbons (Fsp3) is 0.667. The number of carboxylic acid groups (broad SMARTS) is 1. The van der Waals surface area contributed by atoms with Crippen molar-refractivity contribution < 1.29 is 24.6 Å². The second-order valence-electron chi connectivity index (χ2n) is 11.1. The number of anilines is 1. The Labute approximate surface area is 212 Å². The first-order valence-corrected chi connectivity index (χ1v) is 13.4. The predicted octanol–water partition coefficient (Wildman–Crippen LogP) is 4.38. The van der Waals surface area contributed by atoms with Crippen molar-refractivity contribution in [2.45, 2.75) is 85.3 Å². The lowest BCUT2D eigenvalue weighted by molar-refractivity contribution is -0.137. The molecule has 1 aliphatic heterocycles. The van der Waals surface area contributed by atoms with E-state index < -0.39 is 18.1 Å². The maximum absolute atomic E-state index is 13.9. The van der Waals surface area contributed by atoms with Crippen molar-refractivity contribution in [1.82, 2.24) is 4.90 Å². The van der Waals surface area contributed by atoms with Crippen LogP contribution in [0.5, 0.6) is 0 Å². The highest BCUT2D eigenvalue weighted by atomic mass is 32.1. The van der Waals surface area contributed by atoms with Crippen molar-refractivity contribution in [1.29, 1.82) is 0 Å². The molecule has 192 valence electrons. The molecule has 2 fully saturated rings. The molecule has 0 radical (unpaired) electrons. The summed E-state index contributed by atoms with van der Waals surface area (Å²) in [6.45, 7) is 10.5. The van der Waals surface area contributed by atoms with Gasteiger partial charge in [0.15, 0.2) is 0 Å². The molecular formula is C27H38N2O5S. The van der Waals surface area contributed by atoms with Crippen LogP contribution in [0.15, 0.2) is 6.07 Å². The van der Waals surface area contributed by atoms with Crippen LogP contribution in [0, 0.1) is 29.1 Å². The Hall–Kier alpha value is -2.37. The molecule has 2 aliphatic rings. The molecule has 2 atom stereocenters. The number of nitrogens with zero attached hydrogens (tertiary/aromatic N) is 2.